The van der Waals surface area contributed by atoms with Crippen LogP contribution in [0, 0.1) is 17.3 Å². The van der Waals surface area contributed by atoms with Crippen LogP contribution in [0.4, 0.5) is 0 Å². The molecule has 1 amide bonds. The van der Waals surface area contributed by atoms with Crippen molar-refractivity contribution >= 4 is 5.91 Å². The van der Waals surface area contributed by atoms with Crippen LogP contribution in [0.5, 0.6) is 0 Å². The number of nitrogens with one attached hydrogen (secondary N) is 1. The molecule has 1 saturated carbocycles. The number of carbonyl (C=O) groups is 1. The number of hydrogen-bond acceptors (Lipinski definition) is 2. The molecule has 15 heavy (non-hydrogen) atoms. The molecule has 3 N–H and O–H groups in total. The smallest absolute Gasteiger partial charge is 0.223 e. The van der Waals surface area contributed by atoms with Crippen molar-refractivity contribution in [1.82, 2.24) is 5.32 Å². The molecule has 0 spiro atoms. The number of hydrogen-bond donors (Lipinski definition) is 2. The predicted molar refractivity (Wildman–Crippen MR) is 62.3 cm³/mol. The molecule has 1 fully saturated rings. The first kappa shape index (κ1) is 12.5. The van der Waals surface area contributed by atoms with Gasteiger partial charge in [0.1, 0.15) is 0 Å². The lowest BCUT2D eigenvalue weighted by Gasteiger charge is -2.26. The zero-order valence-corrected chi connectivity index (χ0v) is 10.3. The molecule has 2 unspecified atom stereocenters. The van der Waals surface area contributed by atoms with Gasteiger partial charge in [-0.2, -0.15) is 0 Å². The van der Waals surface area contributed by atoms with Gasteiger partial charge >= 0.3 is 0 Å². The highest BCUT2D eigenvalue weighted by Crippen LogP contribution is 2.31. The van der Waals surface area contributed by atoms with E-state index in [9.17, 15) is 4.79 Å². The van der Waals surface area contributed by atoms with E-state index in [1.54, 1.807) is 0 Å². The number of amides is 1. The van der Waals surface area contributed by atoms with Crippen molar-refractivity contribution in [2.24, 2.45) is 23.0 Å². The Labute approximate surface area is 92.8 Å². The van der Waals surface area contributed by atoms with Crippen LogP contribution >= 0.6 is 0 Å². The molecular weight excluding hydrogens is 188 g/mol. The second kappa shape index (κ2) is 4.52. The molecule has 1 aliphatic carbocycles. The SMILES string of the molecule is CC(C(=O)NCC(N)C1CC1)C(C)(C)C. The van der Waals surface area contributed by atoms with Crippen molar-refractivity contribution in [1.29, 1.82) is 0 Å². The Morgan fingerprint density at radius 3 is 2.40 bits per heavy atom. The van der Waals surface area contributed by atoms with Gasteiger partial charge in [0, 0.05) is 18.5 Å². The molecule has 0 heterocycles. The highest BCUT2D eigenvalue weighted by molar-refractivity contribution is 5.79. The molecule has 0 aromatic carbocycles. The van der Waals surface area contributed by atoms with Gasteiger partial charge in [0.2, 0.25) is 5.91 Å². The summed E-state index contributed by atoms with van der Waals surface area (Å²) in [6.45, 7) is 8.84. The van der Waals surface area contributed by atoms with Crippen LogP contribution in [0.15, 0.2) is 0 Å². The lowest BCUT2D eigenvalue weighted by atomic mass is 9.81. The third kappa shape index (κ3) is 3.82. The second-order valence-electron chi connectivity index (χ2n) is 5.83. The average Bonchev–Trinajstić information content (AvgIpc) is 2.93. The lowest BCUT2D eigenvalue weighted by molar-refractivity contribution is -0.127. The van der Waals surface area contributed by atoms with Crippen molar-refractivity contribution in [2.45, 2.75) is 46.6 Å². The summed E-state index contributed by atoms with van der Waals surface area (Å²) in [6, 6.07) is 0.154. The van der Waals surface area contributed by atoms with Crippen LogP contribution in [-0.4, -0.2) is 18.5 Å². The normalized spacial score (nSPS) is 20.9. The second-order valence-corrected chi connectivity index (χ2v) is 5.83. The first-order valence-corrected chi connectivity index (χ1v) is 5.85. The van der Waals surface area contributed by atoms with Gasteiger partial charge in [-0.15, -0.1) is 0 Å². The molecule has 3 heteroatoms. The molecule has 0 bridgehead atoms. The molecule has 0 aromatic heterocycles. The highest BCUT2D eigenvalue weighted by Gasteiger charge is 2.30. The van der Waals surface area contributed by atoms with Crippen LogP contribution in [0.1, 0.15) is 40.5 Å². The van der Waals surface area contributed by atoms with E-state index in [4.69, 9.17) is 5.73 Å². The van der Waals surface area contributed by atoms with E-state index < -0.39 is 0 Å². The third-order valence-corrected chi connectivity index (χ3v) is 3.43. The minimum atomic E-state index is 0.0216. The Bertz CT molecular complexity index is 228. The van der Waals surface area contributed by atoms with Gasteiger partial charge in [0.05, 0.1) is 0 Å². The Morgan fingerprint density at radius 2 is 2.00 bits per heavy atom. The van der Waals surface area contributed by atoms with Crippen LogP contribution in [0.25, 0.3) is 0 Å². The van der Waals surface area contributed by atoms with E-state index in [-0.39, 0.29) is 23.3 Å². The number of nitrogens with two attached hydrogens (primary N) is 1. The van der Waals surface area contributed by atoms with Crippen LogP contribution in [0.2, 0.25) is 0 Å². The Morgan fingerprint density at radius 1 is 1.47 bits per heavy atom. The first-order valence-electron chi connectivity index (χ1n) is 5.85. The first-order chi connectivity index (χ1) is 6.82. The van der Waals surface area contributed by atoms with Gasteiger partial charge < -0.3 is 11.1 Å². The van der Waals surface area contributed by atoms with Crippen molar-refractivity contribution in [2.75, 3.05) is 6.54 Å². The van der Waals surface area contributed by atoms with Crippen molar-refractivity contribution < 1.29 is 4.79 Å². The molecule has 0 aliphatic heterocycles. The standard InChI is InChI=1S/C12H24N2O/c1-8(12(2,3)4)11(15)14-7-10(13)9-5-6-9/h8-10H,5-7,13H2,1-4H3,(H,14,15). The molecule has 1 aliphatic rings. The highest BCUT2D eigenvalue weighted by atomic mass is 16.1. The minimum absolute atomic E-state index is 0.0216. The van der Waals surface area contributed by atoms with Gasteiger partial charge in [-0.1, -0.05) is 27.7 Å². The zero-order valence-electron chi connectivity index (χ0n) is 10.3. The molecule has 88 valence electrons. The fourth-order valence-corrected chi connectivity index (χ4v) is 1.46. The topological polar surface area (TPSA) is 55.1 Å². The summed E-state index contributed by atoms with van der Waals surface area (Å²) >= 11 is 0. The number of rotatable bonds is 4. The van der Waals surface area contributed by atoms with Crippen molar-refractivity contribution in [3.8, 4) is 0 Å². The fraction of sp³-hybridized carbons (Fsp3) is 0.917. The van der Waals surface area contributed by atoms with Crippen LogP contribution in [0.3, 0.4) is 0 Å². The molecule has 1 rings (SSSR count). The number of carbonyl (C=O) groups excluding carboxylic acids is 1. The van der Waals surface area contributed by atoms with E-state index in [1.165, 1.54) is 12.8 Å². The maximum atomic E-state index is 11.8. The summed E-state index contributed by atoms with van der Waals surface area (Å²) in [5.41, 5.74) is 5.94. The van der Waals surface area contributed by atoms with Crippen LogP contribution < -0.4 is 11.1 Å². The summed E-state index contributed by atoms with van der Waals surface area (Å²) in [6.07, 6.45) is 2.46. The average molecular weight is 212 g/mol. The zero-order chi connectivity index (χ0) is 11.6. The lowest BCUT2D eigenvalue weighted by Crippen LogP contribution is -2.43. The van der Waals surface area contributed by atoms with Crippen LogP contribution in [-0.2, 0) is 4.79 Å². The van der Waals surface area contributed by atoms with Gasteiger partial charge in [0.15, 0.2) is 0 Å². The summed E-state index contributed by atoms with van der Waals surface area (Å²) in [7, 11) is 0. The maximum Gasteiger partial charge on any atom is 0.223 e. The molecule has 2 atom stereocenters. The summed E-state index contributed by atoms with van der Waals surface area (Å²) in [4.78, 5) is 11.8. The van der Waals surface area contributed by atoms with Crippen molar-refractivity contribution in [3.05, 3.63) is 0 Å². The molecular formula is C12H24N2O. The molecule has 3 nitrogen and oxygen atoms in total. The summed E-state index contributed by atoms with van der Waals surface area (Å²) in [5, 5.41) is 2.95. The Balaban J connectivity index is 2.28. The summed E-state index contributed by atoms with van der Waals surface area (Å²) < 4.78 is 0. The Kier molecular flexibility index (Phi) is 3.77. The van der Waals surface area contributed by atoms with Gasteiger partial charge in [-0.3, -0.25) is 4.79 Å². The quantitative estimate of drug-likeness (QED) is 0.742. The maximum absolute atomic E-state index is 11.8. The summed E-state index contributed by atoms with van der Waals surface area (Å²) in [5.74, 6) is 0.803. The van der Waals surface area contributed by atoms with Gasteiger partial charge in [-0.05, 0) is 24.2 Å². The molecule has 0 radical (unpaired) electrons. The molecule has 0 saturated heterocycles. The van der Waals surface area contributed by atoms with E-state index in [2.05, 4.69) is 26.1 Å². The largest absolute Gasteiger partial charge is 0.354 e. The minimum Gasteiger partial charge on any atom is -0.354 e. The predicted octanol–water partition coefficient (Wildman–Crippen LogP) is 1.52. The fourth-order valence-electron chi connectivity index (χ4n) is 1.46. The van der Waals surface area contributed by atoms with E-state index in [0.717, 1.165) is 0 Å². The molecule has 0 aromatic rings. The van der Waals surface area contributed by atoms with Gasteiger partial charge in [-0.25, -0.2) is 0 Å². The van der Waals surface area contributed by atoms with Gasteiger partial charge in [0.25, 0.3) is 0 Å². The Hall–Kier alpha value is -0.570. The van der Waals surface area contributed by atoms with E-state index >= 15 is 0 Å². The third-order valence-electron chi connectivity index (χ3n) is 3.43. The van der Waals surface area contributed by atoms with Crippen molar-refractivity contribution in [3.63, 3.8) is 0 Å². The van der Waals surface area contributed by atoms with E-state index in [0.29, 0.717) is 12.5 Å². The van der Waals surface area contributed by atoms with E-state index in [1.807, 2.05) is 6.92 Å². The monoisotopic (exact) mass is 212 g/mol.